The SMILES string of the molecule is COC(=O)c1cc(N)ccc1S(=O)(=O)N1CCC(C)(O)C1. The predicted octanol–water partition coefficient (Wildman–Crippen LogP) is 0.201. The van der Waals surface area contributed by atoms with Crippen LogP contribution in [0.2, 0.25) is 0 Å². The summed E-state index contributed by atoms with van der Waals surface area (Å²) in [7, 11) is -2.73. The number of rotatable bonds is 3. The number of anilines is 1. The first-order valence-electron chi connectivity index (χ1n) is 6.38. The van der Waals surface area contributed by atoms with Crippen LogP contribution >= 0.6 is 0 Å². The summed E-state index contributed by atoms with van der Waals surface area (Å²) in [5.41, 5.74) is 4.70. The van der Waals surface area contributed by atoms with Crippen LogP contribution in [0.25, 0.3) is 0 Å². The van der Waals surface area contributed by atoms with Gasteiger partial charge in [0, 0.05) is 18.8 Å². The van der Waals surface area contributed by atoms with Crippen molar-refractivity contribution in [3.8, 4) is 0 Å². The molecule has 0 aliphatic carbocycles. The molecule has 0 aromatic heterocycles. The van der Waals surface area contributed by atoms with Crippen LogP contribution in [0.15, 0.2) is 23.1 Å². The van der Waals surface area contributed by atoms with Gasteiger partial charge in [-0.2, -0.15) is 4.31 Å². The number of benzene rings is 1. The van der Waals surface area contributed by atoms with Crippen LogP contribution in [0.5, 0.6) is 0 Å². The molecule has 1 fully saturated rings. The average molecular weight is 314 g/mol. The molecule has 0 amide bonds. The lowest BCUT2D eigenvalue weighted by atomic mass is 10.1. The second-order valence-electron chi connectivity index (χ2n) is 5.33. The molecule has 1 aliphatic heterocycles. The van der Waals surface area contributed by atoms with E-state index in [2.05, 4.69) is 4.74 Å². The highest BCUT2D eigenvalue weighted by atomic mass is 32.2. The third-order valence-corrected chi connectivity index (χ3v) is 5.35. The van der Waals surface area contributed by atoms with E-state index in [-0.39, 0.29) is 29.2 Å². The van der Waals surface area contributed by atoms with Gasteiger partial charge in [-0.1, -0.05) is 0 Å². The molecule has 1 atom stereocenters. The van der Waals surface area contributed by atoms with Gasteiger partial charge in [0.15, 0.2) is 0 Å². The van der Waals surface area contributed by atoms with Crippen molar-refractivity contribution in [2.45, 2.75) is 23.8 Å². The summed E-state index contributed by atoms with van der Waals surface area (Å²) in [4.78, 5) is 11.6. The van der Waals surface area contributed by atoms with Crippen molar-refractivity contribution in [2.24, 2.45) is 0 Å². The third kappa shape index (κ3) is 3.02. The summed E-state index contributed by atoms with van der Waals surface area (Å²) in [5.74, 6) is -0.771. The van der Waals surface area contributed by atoms with Gasteiger partial charge in [-0.25, -0.2) is 13.2 Å². The summed E-state index contributed by atoms with van der Waals surface area (Å²) in [6.07, 6.45) is 0.342. The monoisotopic (exact) mass is 314 g/mol. The van der Waals surface area contributed by atoms with E-state index >= 15 is 0 Å². The van der Waals surface area contributed by atoms with Crippen LogP contribution in [-0.2, 0) is 14.8 Å². The quantitative estimate of drug-likeness (QED) is 0.609. The standard InChI is InChI=1S/C13H18N2O5S/c1-13(17)5-6-15(8-13)21(18,19)11-4-3-9(14)7-10(11)12(16)20-2/h3-4,7,17H,5-6,8,14H2,1-2H3. The molecule has 1 aliphatic rings. The molecule has 1 aromatic rings. The highest BCUT2D eigenvalue weighted by Gasteiger charge is 2.39. The first kappa shape index (κ1) is 15.7. The number of hydrogen-bond donors (Lipinski definition) is 2. The molecule has 0 saturated carbocycles. The maximum atomic E-state index is 12.6. The zero-order valence-electron chi connectivity index (χ0n) is 11.9. The van der Waals surface area contributed by atoms with E-state index in [1.807, 2.05) is 0 Å². The zero-order valence-corrected chi connectivity index (χ0v) is 12.7. The number of ether oxygens (including phenoxy) is 1. The summed E-state index contributed by atoms with van der Waals surface area (Å²) in [6, 6.07) is 3.96. The second-order valence-corrected chi connectivity index (χ2v) is 7.24. The van der Waals surface area contributed by atoms with Gasteiger partial charge in [0.2, 0.25) is 10.0 Å². The van der Waals surface area contributed by atoms with Crippen molar-refractivity contribution in [2.75, 3.05) is 25.9 Å². The molecule has 116 valence electrons. The predicted molar refractivity (Wildman–Crippen MR) is 76.2 cm³/mol. The van der Waals surface area contributed by atoms with E-state index in [1.165, 1.54) is 25.3 Å². The Morgan fingerprint density at radius 2 is 2.14 bits per heavy atom. The Hall–Kier alpha value is -1.64. The number of β-amino-alcohol motifs (C(OH)–C–C–N with tert-alkyl or cyclic N) is 1. The molecule has 7 nitrogen and oxygen atoms in total. The Bertz CT molecular complexity index is 669. The van der Waals surface area contributed by atoms with Gasteiger partial charge in [-0.05, 0) is 31.5 Å². The van der Waals surface area contributed by atoms with Gasteiger partial charge in [0.1, 0.15) is 0 Å². The number of carbonyl (C=O) groups excluding carboxylic acids is 1. The van der Waals surface area contributed by atoms with Crippen molar-refractivity contribution < 1.29 is 23.1 Å². The van der Waals surface area contributed by atoms with E-state index < -0.39 is 21.6 Å². The minimum absolute atomic E-state index is 0.0136. The smallest absolute Gasteiger partial charge is 0.339 e. The highest BCUT2D eigenvalue weighted by molar-refractivity contribution is 7.89. The Labute approximate surface area is 123 Å². The third-order valence-electron chi connectivity index (χ3n) is 3.44. The van der Waals surface area contributed by atoms with E-state index in [4.69, 9.17) is 5.73 Å². The maximum absolute atomic E-state index is 12.6. The van der Waals surface area contributed by atoms with Crippen LogP contribution in [-0.4, -0.2) is 49.6 Å². The molecule has 1 unspecified atom stereocenters. The summed E-state index contributed by atoms with van der Waals surface area (Å²) >= 11 is 0. The van der Waals surface area contributed by atoms with Crippen LogP contribution in [0.4, 0.5) is 5.69 Å². The first-order chi connectivity index (χ1) is 9.67. The molecule has 0 spiro atoms. The number of aliphatic hydroxyl groups is 1. The molecule has 21 heavy (non-hydrogen) atoms. The Morgan fingerprint density at radius 3 is 2.67 bits per heavy atom. The summed E-state index contributed by atoms with van der Waals surface area (Å²) in [5, 5.41) is 9.93. The van der Waals surface area contributed by atoms with Gasteiger partial charge in [0.25, 0.3) is 0 Å². The molecule has 8 heteroatoms. The number of esters is 1. The second kappa shape index (κ2) is 5.28. The van der Waals surface area contributed by atoms with Crippen LogP contribution in [0, 0.1) is 0 Å². The maximum Gasteiger partial charge on any atom is 0.339 e. The molecule has 0 radical (unpaired) electrons. The topological polar surface area (TPSA) is 110 Å². The number of hydrogen-bond acceptors (Lipinski definition) is 6. The van der Waals surface area contributed by atoms with E-state index in [9.17, 15) is 18.3 Å². The van der Waals surface area contributed by atoms with Crippen molar-refractivity contribution in [1.29, 1.82) is 0 Å². The Morgan fingerprint density at radius 1 is 1.48 bits per heavy atom. The lowest BCUT2D eigenvalue weighted by molar-refractivity contribution is 0.0596. The van der Waals surface area contributed by atoms with E-state index in [1.54, 1.807) is 6.92 Å². The molecule has 2 rings (SSSR count). The fourth-order valence-electron chi connectivity index (χ4n) is 2.29. The van der Waals surface area contributed by atoms with Crippen molar-refractivity contribution in [1.82, 2.24) is 4.31 Å². The molecule has 1 heterocycles. The Balaban J connectivity index is 2.48. The Kier molecular flexibility index (Phi) is 3.96. The van der Waals surface area contributed by atoms with Crippen molar-refractivity contribution in [3.63, 3.8) is 0 Å². The highest BCUT2D eigenvalue weighted by Crippen LogP contribution is 2.29. The lowest BCUT2D eigenvalue weighted by Gasteiger charge is -2.20. The molecular formula is C13H18N2O5S. The summed E-state index contributed by atoms with van der Waals surface area (Å²) < 4.78 is 31.0. The first-order valence-corrected chi connectivity index (χ1v) is 7.82. The average Bonchev–Trinajstić information content (AvgIpc) is 2.78. The van der Waals surface area contributed by atoms with Crippen molar-refractivity contribution >= 4 is 21.7 Å². The largest absolute Gasteiger partial charge is 0.465 e. The van der Waals surface area contributed by atoms with Gasteiger partial charge in [0.05, 0.1) is 23.2 Å². The minimum Gasteiger partial charge on any atom is -0.465 e. The van der Waals surface area contributed by atoms with Gasteiger partial charge in [-0.15, -0.1) is 0 Å². The van der Waals surface area contributed by atoms with Gasteiger partial charge < -0.3 is 15.6 Å². The van der Waals surface area contributed by atoms with E-state index in [0.29, 0.717) is 6.42 Å². The van der Waals surface area contributed by atoms with Crippen LogP contribution in [0.3, 0.4) is 0 Å². The van der Waals surface area contributed by atoms with Crippen LogP contribution < -0.4 is 5.73 Å². The molecule has 0 bridgehead atoms. The molecule has 1 aromatic carbocycles. The number of nitrogens with zero attached hydrogens (tertiary/aromatic N) is 1. The lowest BCUT2D eigenvalue weighted by Crippen LogP contribution is -2.34. The molecule has 1 saturated heterocycles. The van der Waals surface area contributed by atoms with Gasteiger partial charge in [-0.3, -0.25) is 0 Å². The van der Waals surface area contributed by atoms with Gasteiger partial charge >= 0.3 is 5.97 Å². The summed E-state index contributed by atoms with van der Waals surface area (Å²) in [6.45, 7) is 1.76. The zero-order chi connectivity index (χ0) is 15.8. The number of nitrogens with two attached hydrogens (primary N) is 1. The fourth-order valence-corrected chi connectivity index (χ4v) is 4.01. The van der Waals surface area contributed by atoms with E-state index in [0.717, 1.165) is 4.31 Å². The number of nitrogen functional groups attached to an aromatic ring is 1. The number of carbonyl (C=O) groups is 1. The molecule has 3 N–H and O–H groups in total. The fraction of sp³-hybridized carbons (Fsp3) is 0.462. The number of methoxy groups -OCH3 is 1. The minimum atomic E-state index is -3.90. The van der Waals surface area contributed by atoms with Crippen LogP contribution in [0.1, 0.15) is 23.7 Å². The number of sulfonamides is 1. The van der Waals surface area contributed by atoms with Crippen molar-refractivity contribution in [3.05, 3.63) is 23.8 Å². The molecular weight excluding hydrogens is 296 g/mol. The normalized spacial score (nSPS) is 23.2.